The third-order valence-electron chi connectivity index (χ3n) is 7.69. The zero-order valence-corrected chi connectivity index (χ0v) is 28.2. The highest BCUT2D eigenvalue weighted by atomic mass is 16.6. The molecular formula is C38H68O5. The number of carbonyl (C=O) groups excluding carboxylic acids is 2. The first kappa shape index (κ1) is 41.1. The van der Waals surface area contributed by atoms with Gasteiger partial charge in [0.05, 0.1) is 6.61 Å². The average Bonchev–Trinajstić information content (AvgIpc) is 3.01. The lowest BCUT2D eigenvalue weighted by atomic mass is 10.0. The Hall–Kier alpha value is -1.88. The normalized spacial score (nSPS) is 12.5. The van der Waals surface area contributed by atoms with Gasteiger partial charge < -0.3 is 14.6 Å². The first-order valence-electron chi connectivity index (χ1n) is 18.0. The Morgan fingerprint density at radius 3 is 1.44 bits per heavy atom. The summed E-state index contributed by atoms with van der Waals surface area (Å²) in [5.74, 6) is -0.615. The molecule has 5 heteroatoms. The second-order valence-corrected chi connectivity index (χ2v) is 12.0. The number of carbonyl (C=O) groups is 2. The molecule has 43 heavy (non-hydrogen) atoms. The van der Waals surface area contributed by atoms with Crippen molar-refractivity contribution >= 4 is 11.9 Å². The van der Waals surface area contributed by atoms with Gasteiger partial charge in [-0.25, -0.2) is 0 Å². The average molecular weight is 605 g/mol. The van der Waals surface area contributed by atoms with Crippen LogP contribution in [0.25, 0.3) is 0 Å². The van der Waals surface area contributed by atoms with Crippen LogP contribution in [0.4, 0.5) is 0 Å². The lowest BCUT2D eigenvalue weighted by Crippen LogP contribution is -2.28. The number of aliphatic hydroxyl groups is 1. The lowest BCUT2D eigenvalue weighted by molar-refractivity contribution is -0.161. The summed E-state index contributed by atoms with van der Waals surface area (Å²) in [4.78, 5) is 24.1. The monoisotopic (exact) mass is 605 g/mol. The van der Waals surface area contributed by atoms with Gasteiger partial charge in [0, 0.05) is 12.8 Å². The van der Waals surface area contributed by atoms with Crippen molar-refractivity contribution in [2.75, 3.05) is 13.2 Å². The van der Waals surface area contributed by atoms with Crippen molar-refractivity contribution in [3.8, 4) is 0 Å². The molecule has 0 heterocycles. The van der Waals surface area contributed by atoms with E-state index in [0.29, 0.717) is 12.8 Å². The number of esters is 2. The van der Waals surface area contributed by atoms with Crippen LogP contribution in [0.2, 0.25) is 0 Å². The van der Waals surface area contributed by atoms with Crippen molar-refractivity contribution in [2.45, 2.75) is 180 Å². The minimum atomic E-state index is -0.776. The molecule has 0 rings (SSSR count). The van der Waals surface area contributed by atoms with E-state index >= 15 is 0 Å². The summed E-state index contributed by atoms with van der Waals surface area (Å²) < 4.78 is 10.6. The van der Waals surface area contributed by atoms with Crippen LogP contribution in [0.3, 0.4) is 0 Å². The number of allylic oxidation sites excluding steroid dienone is 6. The first-order valence-corrected chi connectivity index (χ1v) is 18.0. The highest BCUT2D eigenvalue weighted by molar-refractivity contribution is 5.70. The molecule has 0 aromatic heterocycles. The van der Waals surface area contributed by atoms with Gasteiger partial charge in [0.15, 0.2) is 6.10 Å². The third kappa shape index (κ3) is 32.9. The molecule has 5 nitrogen and oxygen atoms in total. The summed E-state index contributed by atoms with van der Waals surface area (Å²) in [6.07, 6.45) is 40.5. The Morgan fingerprint density at radius 2 is 0.930 bits per heavy atom. The Morgan fingerprint density at radius 1 is 0.535 bits per heavy atom. The molecule has 0 aliphatic rings. The minimum absolute atomic E-state index is 0.0754. The quantitative estimate of drug-likeness (QED) is 0.0470. The molecule has 1 atom stereocenters. The fourth-order valence-electron chi connectivity index (χ4n) is 4.91. The predicted molar refractivity (Wildman–Crippen MR) is 182 cm³/mol. The van der Waals surface area contributed by atoms with E-state index in [0.717, 1.165) is 64.2 Å². The van der Waals surface area contributed by atoms with Crippen LogP contribution in [-0.2, 0) is 19.1 Å². The van der Waals surface area contributed by atoms with Crippen molar-refractivity contribution in [3.05, 3.63) is 36.5 Å². The lowest BCUT2D eigenvalue weighted by Gasteiger charge is -2.15. The maximum atomic E-state index is 12.1. The van der Waals surface area contributed by atoms with Crippen molar-refractivity contribution in [3.63, 3.8) is 0 Å². The molecular weight excluding hydrogens is 536 g/mol. The van der Waals surface area contributed by atoms with Gasteiger partial charge >= 0.3 is 11.9 Å². The van der Waals surface area contributed by atoms with Gasteiger partial charge in [-0.2, -0.15) is 0 Å². The molecule has 0 saturated heterocycles. The SMILES string of the molecule is CCCCCC=CCC=CCC=CCCCCCCC(=O)OC[C@H](CO)OC(=O)CCCCCCCCCCCCCC. The van der Waals surface area contributed by atoms with Gasteiger partial charge in [-0.15, -0.1) is 0 Å². The Kier molecular flexibility index (Phi) is 33.1. The van der Waals surface area contributed by atoms with E-state index in [-0.39, 0.29) is 25.2 Å². The van der Waals surface area contributed by atoms with E-state index in [9.17, 15) is 14.7 Å². The van der Waals surface area contributed by atoms with Crippen molar-refractivity contribution in [1.82, 2.24) is 0 Å². The molecule has 0 unspecified atom stereocenters. The molecule has 0 bridgehead atoms. The van der Waals surface area contributed by atoms with E-state index in [2.05, 4.69) is 50.3 Å². The van der Waals surface area contributed by atoms with Crippen LogP contribution in [0, 0.1) is 0 Å². The predicted octanol–water partition coefficient (Wildman–Crippen LogP) is 10.9. The van der Waals surface area contributed by atoms with E-state index in [1.165, 1.54) is 83.5 Å². The van der Waals surface area contributed by atoms with Crippen LogP contribution in [0.15, 0.2) is 36.5 Å². The van der Waals surface area contributed by atoms with Gasteiger partial charge in [-0.05, 0) is 51.4 Å². The summed E-state index contributed by atoms with van der Waals surface area (Å²) in [6, 6.07) is 0. The number of rotatable bonds is 32. The summed E-state index contributed by atoms with van der Waals surface area (Å²) in [5, 5.41) is 9.51. The largest absolute Gasteiger partial charge is 0.462 e. The molecule has 250 valence electrons. The molecule has 0 amide bonds. The summed E-state index contributed by atoms with van der Waals surface area (Å²) in [5.41, 5.74) is 0. The Balaban J connectivity index is 3.62. The molecule has 0 aromatic carbocycles. The standard InChI is InChI=1S/C38H68O5/c1-3-5-7-9-11-13-15-17-18-19-20-21-23-24-26-28-30-32-37(40)42-35-36(34-39)43-38(41)33-31-29-27-25-22-16-14-12-10-8-6-4-2/h11,13,17-18,20-21,36,39H,3-10,12,14-16,19,22-35H2,1-2H3/t36-/m0/s1. The fraction of sp³-hybridized carbons (Fsp3) is 0.789. The van der Waals surface area contributed by atoms with Crippen LogP contribution in [0.1, 0.15) is 174 Å². The van der Waals surface area contributed by atoms with E-state index in [1.807, 2.05) is 0 Å². The second-order valence-electron chi connectivity index (χ2n) is 12.0. The van der Waals surface area contributed by atoms with Gasteiger partial charge in [-0.3, -0.25) is 9.59 Å². The Labute approximate surface area is 266 Å². The molecule has 0 radical (unpaired) electrons. The summed E-state index contributed by atoms with van der Waals surface area (Å²) in [6.45, 7) is 4.08. The first-order chi connectivity index (χ1) is 21.1. The topological polar surface area (TPSA) is 72.8 Å². The minimum Gasteiger partial charge on any atom is -0.462 e. The van der Waals surface area contributed by atoms with E-state index < -0.39 is 6.10 Å². The smallest absolute Gasteiger partial charge is 0.306 e. The van der Waals surface area contributed by atoms with Crippen molar-refractivity contribution < 1.29 is 24.2 Å². The number of aliphatic hydroxyl groups excluding tert-OH is 1. The molecule has 0 saturated carbocycles. The van der Waals surface area contributed by atoms with Gasteiger partial charge in [0.2, 0.25) is 0 Å². The van der Waals surface area contributed by atoms with Crippen LogP contribution in [0.5, 0.6) is 0 Å². The number of unbranched alkanes of at least 4 members (excludes halogenated alkanes) is 18. The number of hydrogen-bond donors (Lipinski definition) is 1. The van der Waals surface area contributed by atoms with E-state index in [1.54, 1.807) is 0 Å². The Bertz CT molecular complexity index is 696. The maximum absolute atomic E-state index is 12.1. The van der Waals surface area contributed by atoms with Gasteiger partial charge in [0.25, 0.3) is 0 Å². The molecule has 0 aliphatic heterocycles. The third-order valence-corrected chi connectivity index (χ3v) is 7.69. The second kappa shape index (κ2) is 34.6. The number of hydrogen-bond acceptors (Lipinski definition) is 5. The zero-order chi connectivity index (χ0) is 31.5. The maximum Gasteiger partial charge on any atom is 0.306 e. The summed E-state index contributed by atoms with van der Waals surface area (Å²) >= 11 is 0. The van der Waals surface area contributed by atoms with Gasteiger partial charge in [-0.1, -0.05) is 147 Å². The fourth-order valence-corrected chi connectivity index (χ4v) is 4.91. The molecule has 0 aromatic rings. The zero-order valence-electron chi connectivity index (χ0n) is 28.2. The molecule has 0 aliphatic carbocycles. The van der Waals surface area contributed by atoms with Crippen molar-refractivity contribution in [1.29, 1.82) is 0 Å². The van der Waals surface area contributed by atoms with Crippen LogP contribution < -0.4 is 0 Å². The summed E-state index contributed by atoms with van der Waals surface area (Å²) in [7, 11) is 0. The van der Waals surface area contributed by atoms with E-state index in [4.69, 9.17) is 9.47 Å². The number of ether oxygens (including phenoxy) is 2. The van der Waals surface area contributed by atoms with Crippen molar-refractivity contribution in [2.24, 2.45) is 0 Å². The van der Waals surface area contributed by atoms with Crippen LogP contribution >= 0.6 is 0 Å². The van der Waals surface area contributed by atoms with Crippen LogP contribution in [-0.4, -0.2) is 36.4 Å². The highest BCUT2D eigenvalue weighted by Crippen LogP contribution is 2.13. The molecule has 0 spiro atoms. The molecule has 0 fully saturated rings. The van der Waals surface area contributed by atoms with Gasteiger partial charge in [0.1, 0.15) is 6.61 Å². The highest BCUT2D eigenvalue weighted by Gasteiger charge is 2.16. The molecule has 1 N–H and O–H groups in total.